The van der Waals surface area contributed by atoms with Crippen molar-refractivity contribution in [3.63, 3.8) is 0 Å². The summed E-state index contributed by atoms with van der Waals surface area (Å²) in [6.45, 7) is 0.429. The third kappa shape index (κ3) is 3.16. The van der Waals surface area contributed by atoms with Gasteiger partial charge in [-0.25, -0.2) is 13.6 Å². The van der Waals surface area contributed by atoms with Crippen LogP contribution in [0.3, 0.4) is 0 Å². The van der Waals surface area contributed by atoms with Gasteiger partial charge in [0.15, 0.2) is 0 Å². The minimum atomic E-state index is -3.79. The van der Waals surface area contributed by atoms with Crippen LogP contribution in [0, 0.1) is 0 Å². The van der Waals surface area contributed by atoms with E-state index >= 15 is 0 Å². The molecular formula is C9H9ClN4O2S2. The van der Waals surface area contributed by atoms with Crippen LogP contribution >= 0.6 is 22.9 Å². The number of halogens is 1. The molecule has 6 nitrogen and oxygen atoms in total. The average molecular weight is 305 g/mol. The Morgan fingerprint density at radius 2 is 2.06 bits per heavy atom. The van der Waals surface area contributed by atoms with Gasteiger partial charge < -0.3 is 5.32 Å². The lowest BCUT2D eigenvalue weighted by Gasteiger charge is -2.03. The number of hydrogen-bond donors (Lipinski definition) is 2. The molecule has 0 fully saturated rings. The summed E-state index contributed by atoms with van der Waals surface area (Å²) in [6, 6.07) is 7.32. The van der Waals surface area contributed by atoms with Gasteiger partial charge in [0.25, 0.3) is 10.0 Å². The molecule has 0 amide bonds. The van der Waals surface area contributed by atoms with Crippen LogP contribution in [0.2, 0.25) is 5.02 Å². The number of anilines is 1. The molecule has 0 atom stereocenters. The van der Waals surface area contributed by atoms with Crippen LogP contribution in [0.5, 0.6) is 0 Å². The second kappa shape index (κ2) is 5.19. The van der Waals surface area contributed by atoms with E-state index in [1.54, 1.807) is 6.07 Å². The molecule has 0 radical (unpaired) electrons. The fourth-order valence-corrected chi connectivity index (χ4v) is 2.74. The summed E-state index contributed by atoms with van der Waals surface area (Å²) >= 11 is 6.86. The van der Waals surface area contributed by atoms with Gasteiger partial charge in [-0.2, -0.15) is 0 Å². The molecule has 9 heteroatoms. The lowest BCUT2D eigenvalue weighted by Crippen LogP contribution is -2.11. The molecule has 1 aromatic carbocycles. The van der Waals surface area contributed by atoms with Crippen molar-refractivity contribution in [1.29, 1.82) is 0 Å². The van der Waals surface area contributed by atoms with E-state index in [0.29, 0.717) is 16.7 Å². The molecule has 1 heterocycles. The normalized spacial score (nSPS) is 11.4. The SMILES string of the molecule is NS(=O)(=O)c1nnc(NCc2ccccc2Cl)s1. The van der Waals surface area contributed by atoms with Crippen LogP contribution in [-0.2, 0) is 16.6 Å². The van der Waals surface area contributed by atoms with E-state index in [1.165, 1.54) is 0 Å². The maximum Gasteiger partial charge on any atom is 0.267 e. The van der Waals surface area contributed by atoms with Gasteiger partial charge in [-0.1, -0.05) is 41.1 Å². The van der Waals surface area contributed by atoms with Crippen LogP contribution in [0.4, 0.5) is 5.13 Å². The summed E-state index contributed by atoms with van der Waals surface area (Å²) in [5.41, 5.74) is 0.881. The Labute approximate surface area is 113 Å². The minimum Gasteiger partial charge on any atom is -0.356 e. The van der Waals surface area contributed by atoms with Crippen LogP contribution in [-0.4, -0.2) is 18.6 Å². The molecular weight excluding hydrogens is 296 g/mol. The highest BCUT2D eigenvalue weighted by molar-refractivity contribution is 7.91. The summed E-state index contributed by atoms with van der Waals surface area (Å²) in [5.74, 6) is 0. The molecule has 0 aliphatic rings. The topological polar surface area (TPSA) is 98.0 Å². The fourth-order valence-electron chi connectivity index (χ4n) is 1.21. The van der Waals surface area contributed by atoms with Gasteiger partial charge in [0, 0.05) is 11.6 Å². The van der Waals surface area contributed by atoms with E-state index in [-0.39, 0.29) is 4.34 Å². The Morgan fingerprint density at radius 1 is 1.33 bits per heavy atom. The van der Waals surface area contributed by atoms with Gasteiger partial charge in [0.05, 0.1) is 0 Å². The lowest BCUT2D eigenvalue weighted by molar-refractivity contribution is 0.596. The van der Waals surface area contributed by atoms with Gasteiger partial charge in [-0.15, -0.1) is 10.2 Å². The van der Waals surface area contributed by atoms with E-state index in [1.807, 2.05) is 18.2 Å². The van der Waals surface area contributed by atoms with Crippen molar-refractivity contribution in [2.24, 2.45) is 5.14 Å². The summed E-state index contributed by atoms with van der Waals surface area (Å²) in [4.78, 5) is 0. The minimum absolute atomic E-state index is 0.218. The molecule has 2 aromatic rings. The Balaban J connectivity index is 2.08. The van der Waals surface area contributed by atoms with Crippen molar-refractivity contribution in [3.05, 3.63) is 34.9 Å². The molecule has 0 aliphatic carbocycles. The first-order valence-corrected chi connectivity index (χ1v) is 7.54. The van der Waals surface area contributed by atoms with Gasteiger partial charge in [0.1, 0.15) is 0 Å². The number of benzene rings is 1. The highest BCUT2D eigenvalue weighted by atomic mass is 35.5. The third-order valence-corrected chi connectivity index (χ3v) is 4.60. The molecule has 0 bridgehead atoms. The van der Waals surface area contributed by atoms with E-state index in [9.17, 15) is 8.42 Å². The highest BCUT2D eigenvalue weighted by Crippen LogP contribution is 2.21. The zero-order chi connectivity index (χ0) is 13.2. The third-order valence-electron chi connectivity index (χ3n) is 2.04. The Hall–Kier alpha value is -1.22. The predicted molar refractivity (Wildman–Crippen MR) is 70.1 cm³/mol. The fraction of sp³-hybridized carbons (Fsp3) is 0.111. The van der Waals surface area contributed by atoms with Crippen molar-refractivity contribution >= 4 is 38.1 Å². The van der Waals surface area contributed by atoms with Crippen LogP contribution < -0.4 is 10.5 Å². The Kier molecular flexibility index (Phi) is 3.81. The van der Waals surface area contributed by atoms with E-state index in [2.05, 4.69) is 15.5 Å². The van der Waals surface area contributed by atoms with Crippen LogP contribution in [0.25, 0.3) is 0 Å². The first-order chi connectivity index (χ1) is 8.47. The smallest absolute Gasteiger partial charge is 0.267 e. The first kappa shape index (κ1) is 13.2. The maximum absolute atomic E-state index is 11.0. The summed E-state index contributed by atoms with van der Waals surface area (Å²) < 4.78 is 21.8. The van der Waals surface area contributed by atoms with Gasteiger partial charge in [-0.05, 0) is 11.6 Å². The lowest BCUT2D eigenvalue weighted by atomic mass is 10.2. The number of rotatable bonds is 4. The number of nitrogens with two attached hydrogens (primary N) is 1. The van der Waals surface area contributed by atoms with E-state index < -0.39 is 10.0 Å². The second-order valence-corrected chi connectivity index (χ2v) is 6.48. The second-order valence-electron chi connectivity index (χ2n) is 3.36. The number of nitrogens with zero attached hydrogens (tertiary/aromatic N) is 2. The number of aromatic nitrogens is 2. The summed E-state index contributed by atoms with van der Waals surface area (Å²) in [5, 5.41) is 16.0. The average Bonchev–Trinajstić information content (AvgIpc) is 2.76. The Morgan fingerprint density at radius 3 is 2.67 bits per heavy atom. The zero-order valence-electron chi connectivity index (χ0n) is 9.00. The molecule has 96 valence electrons. The standard InChI is InChI=1S/C9H9ClN4O2S2/c10-7-4-2-1-3-6(7)5-12-8-13-14-9(17-8)18(11,15)16/h1-4H,5H2,(H,12,13)(H2,11,15,16). The highest BCUT2D eigenvalue weighted by Gasteiger charge is 2.14. The van der Waals surface area contributed by atoms with Crippen LogP contribution in [0.1, 0.15) is 5.56 Å². The zero-order valence-corrected chi connectivity index (χ0v) is 11.4. The molecule has 1 aromatic heterocycles. The predicted octanol–water partition coefficient (Wildman–Crippen LogP) is 1.45. The summed E-state index contributed by atoms with van der Waals surface area (Å²) in [6.07, 6.45) is 0. The largest absolute Gasteiger partial charge is 0.356 e. The van der Waals surface area contributed by atoms with E-state index in [0.717, 1.165) is 16.9 Å². The molecule has 0 aliphatic heterocycles. The molecule has 2 rings (SSSR count). The monoisotopic (exact) mass is 304 g/mol. The molecule has 0 spiro atoms. The first-order valence-electron chi connectivity index (χ1n) is 4.80. The van der Waals surface area contributed by atoms with Crippen molar-refractivity contribution in [3.8, 4) is 0 Å². The maximum atomic E-state index is 11.0. The number of sulfonamides is 1. The molecule has 0 unspecified atom stereocenters. The van der Waals surface area contributed by atoms with Crippen molar-refractivity contribution in [1.82, 2.24) is 10.2 Å². The molecule has 18 heavy (non-hydrogen) atoms. The van der Waals surface area contributed by atoms with Gasteiger partial charge in [0.2, 0.25) is 9.47 Å². The number of primary sulfonamides is 1. The summed E-state index contributed by atoms with van der Waals surface area (Å²) in [7, 11) is -3.79. The van der Waals surface area contributed by atoms with Crippen molar-refractivity contribution < 1.29 is 8.42 Å². The quantitative estimate of drug-likeness (QED) is 0.891. The van der Waals surface area contributed by atoms with E-state index in [4.69, 9.17) is 16.7 Å². The molecule has 3 N–H and O–H groups in total. The van der Waals surface area contributed by atoms with Gasteiger partial charge in [-0.3, -0.25) is 0 Å². The van der Waals surface area contributed by atoms with Gasteiger partial charge >= 0.3 is 0 Å². The van der Waals surface area contributed by atoms with Crippen LogP contribution in [0.15, 0.2) is 28.6 Å². The molecule has 0 saturated carbocycles. The molecule has 0 saturated heterocycles. The Bertz CT molecular complexity index is 656. The van der Waals surface area contributed by atoms with Crippen molar-refractivity contribution in [2.45, 2.75) is 10.9 Å². The van der Waals surface area contributed by atoms with Crippen molar-refractivity contribution in [2.75, 3.05) is 5.32 Å². The number of hydrogen-bond acceptors (Lipinski definition) is 6. The number of nitrogens with one attached hydrogen (secondary N) is 1.